The summed E-state index contributed by atoms with van der Waals surface area (Å²) in [6.45, 7) is 0.474. The minimum absolute atomic E-state index is 0.117. The summed E-state index contributed by atoms with van der Waals surface area (Å²) in [5, 5.41) is 17.1. The Labute approximate surface area is 179 Å². The first-order chi connectivity index (χ1) is 14.6. The van der Waals surface area contributed by atoms with Crippen LogP contribution >= 0.6 is 11.6 Å². The molecule has 1 aliphatic rings. The summed E-state index contributed by atoms with van der Waals surface area (Å²) in [6, 6.07) is 6.67. The van der Waals surface area contributed by atoms with Crippen LogP contribution in [-0.2, 0) is 11.7 Å². The van der Waals surface area contributed by atoms with E-state index in [1.807, 2.05) is 6.07 Å². The molecule has 3 heterocycles. The number of nitrogens with zero attached hydrogens (tertiary/aromatic N) is 5. The molecule has 12 heteroatoms. The fourth-order valence-electron chi connectivity index (χ4n) is 3.55. The van der Waals surface area contributed by atoms with Crippen LogP contribution in [0.4, 0.5) is 23.7 Å². The number of rotatable bonds is 4. The van der Waals surface area contributed by atoms with Crippen LogP contribution in [0.1, 0.15) is 11.3 Å². The third-order valence-corrected chi connectivity index (χ3v) is 5.38. The summed E-state index contributed by atoms with van der Waals surface area (Å²) >= 11 is 6.04. The second kappa shape index (κ2) is 7.31. The van der Waals surface area contributed by atoms with E-state index < -0.39 is 23.4 Å². The van der Waals surface area contributed by atoms with Crippen molar-refractivity contribution in [2.45, 2.75) is 11.7 Å². The minimum atomic E-state index is -4.63. The number of anilines is 1. The topological polar surface area (TPSA) is 113 Å². The van der Waals surface area contributed by atoms with Crippen molar-refractivity contribution >= 4 is 34.2 Å². The Hall–Kier alpha value is -3.52. The van der Waals surface area contributed by atoms with E-state index in [4.69, 9.17) is 22.6 Å². The van der Waals surface area contributed by atoms with Crippen molar-refractivity contribution < 1.29 is 18.0 Å². The number of amides is 2. The number of hydrogen-bond acceptors (Lipinski definition) is 5. The fourth-order valence-corrected chi connectivity index (χ4v) is 3.72. The molecule has 1 fully saturated rings. The molecule has 4 rings (SSSR count). The molecule has 0 radical (unpaired) electrons. The molecule has 8 nitrogen and oxygen atoms in total. The number of nitrogens with two attached hydrogens (primary N) is 1. The molecule has 3 N–H and O–H groups in total. The quantitative estimate of drug-likeness (QED) is 0.635. The van der Waals surface area contributed by atoms with E-state index in [-0.39, 0.29) is 30.8 Å². The van der Waals surface area contributed by atoms with Gasteiger partial charge in [0.15, 0.2) is 0 Å². The number of primary amides is 1. The Kier molecular flexibility index (Phi) is 4.89. The Morgan fingerprint density at radius 1 is 1.35 bits per heavy atom. The molecule has 31 heavy (non-hydrogen) atoms. The summed E-state index contributed by atoms with van der Waals surface area (Å²) in [6.07, 6.45) is -1.74. The number of halogens is 4. The fraction of sp³-hybridized carbons (Fsp3) is 0.263. The first kappa shape index (κ1) is 20.7. The van der Waals surface area contributed by atoms with E-state index in [0.29, 0.717) is 16.0 Å². The number of alkyl halides is 3. The van der Waals surface area contributed by atoms with Crippen molar-refractivity contribution in [1.82, 2.24) is 19.7 Å². The number of hydrogen-bond donors (Lipinski definition) is 2. The molecule has 1 saturated heterocycles. The SMILES string of the molecule is N#Cc1cnn(C2(CNc3cc(C(F)(F)F)nc4ccc(Cl)cc34)CN(C(N)=O)C2)c1. The van der Waals surface area contributed by atoms with Crippen LogP contribution in [0.2, 0.25) is 5.02 Å². The smallest absolute Gasteiger partial charge is 0.382 e. The van der Waals surface area contributed by atoms with Gasteiger partial charge in [0.05, 0.1) is 30.4 Å². The molecule has 0 unspecified atom stereocenters. The number of likely N-dealkylation sites (tertiary alicyclic amines) is 1. The Morgan fingerprint density at radius 3 is 2.71 bits per heavy atom. The lowest BCUT2D eigenvalue weighted by atomic mass is 9.89. The van der Waals surface area contributed by atoms with Gasteiger partial charge in [0, 0.05) is 28.8 Å². The standard InChI is InChI=1S/C19H15ClF3N7O/c20-12-1-2-14-13(3-12)15(4-16(28-14)19(21,22)23)26-8-18(9-29(10-18)17(25)31)30-7-11(5-24)6-27-30/h1-4,6-7H,8-10H2,(H2,25,31)(H,26,28). The molecule has 0 bridgehead atoms. The molecule has 3 aromatic rings. The van der Waals surface area contributed by atoms with E-state index in [2.05, 4.69) is 15.4 Å². The zero-order valence-corrected chi connectivity index (χ0v) is 16.6. The van der Waals surface area contributed by atoms with Gasteiger partial charge in [-0.2, -0.15) is 23.5 Å². The first-order valence-electron chi connectivity index (χ1n) is 9.02. The highest BCUT2D eigenvalue weighted by Crippen LogP contribution is 2.35. The maximum absolute atomic E-state index is 13.4. The number of nitriles is 1. The molecule has 1 aliphatic heterocycles. The van der Waals surface area contributed by atoms with Gasteiger partial charge >= 0.3 is 12.2 Å². The molecule has 160 valence electrons. The van der Waals surface area contributed by atoms with Crippen LogP contribution in [-0.4, -0.2) is 45.3 Å². The number of benzene rings is 1. The normalized spacial score (nSPS) is 15.4. The maximum atomic E-state index is 13.4. The van der Waals surface area contributed by atoms with Gasteiger partial charge in [-0.05, 0) is 24.3 Å². The van der Waals surface area contributed by atoms with Crippen molar-refractivity contribution in [1.29, 1.82) is 5.26 Å². The van der Waals surface area contributed by atoms with Gasteiger partial charge < -0.3 is 16.0 Å². The van der Waals surface area contributed by atoms with E-state index in [0.717, 1.165) is 6.07 Å². The Bertz CT molecular complexity index is 1210. The monoisotopic (exact) mass is 449 g/mol. The zero-order valence-electron chi connectivity index (χ0n) is 15.8. The highest BCUT2D eigenvalue weighted by atomic mass is 35.5. The van der Waals surface area contributed by atoms with Gasteiger partial charge in [0.2, 0.25) is 0 Å². The number of nitrogens with one attached hydrogen (secondary N) is 1. The van der Waals surface area contributed by atoms with Gasteiger partial charge in [0.1, 0.15) is 17.3 Å². The highest BCUT2D eigenvalue weighted by Gasteiger charge is 2.47. The predicted molar refractivity (Wildman–Crippen MR) is 106 cm³/mol. The second-order valence-electron chi connectivity index (χ2n) is 7.27. The summed E-state index contributed by atoms with van der Waals surface area (Å²) in [5.74, 6) is 0. The lowest BCUT2D eigenvalue weighted by Gasteiger charge is -2.49. The Balaban J connectivity index is 1.71. The van der Waals surface area contributed by atoms with Gasteiger partial charge in [-0.1, -0.05) is 11.6 Å². The maximum Gasteiger partial charge on any atom is 0.433 e. The third kappa shape index (κ3) is 3.82. The number of aromatic nitrogens is 3. The lowest BCUT2D eigenvalue weighted by molar-refractivity contribution is -0.140. The van der Waals surface area contributed by atoms with Crippen LogP contribution < -0.4 is 11.1 Å². The molecular formula is C19H15ClF3N7O. The molecule has 0 saturated carbocycles. The predicted octanol–water partition coefficient (Wildman–Crippen LogP) is 3.18. The van der Waals surface area contributed by atoms with Crippen LogP contribution in [0, 0.1) is 11.3 Å². The van der Waals surface area contributed by atoms with Crippen LogP contribution in [0.15, 0.2) is 36.7 Å². The molecule has 0 aliphatic carbocycles. The summed E-state index contributed by atoms with van der Waals surface area (Å²) in [5.41, 5.74) is 4.13. The highest BCUT2D eigenvalue weighted by molar-refractivity contribution is 6.31. The van der Waals surface area contributed by atoms with Gasteiger partial charge in [0.25, 0.3) is 0 Å². The van der Waals surface area contributed by atoms with E-state index >= 15 is 0 Å². The number of urea groups is 1. The van der Waals surface area contributed by atoms with Crippen LogP contribution in [0.5, 0.6) is 0 Å². The van der Waals surface area contributed by atoms with Crippen molar-refractivity contribution in [3.05, 3.63) is 52.9 Å². The second-order valence-corrected chi connectivity index (χ2v) is 7.71. The van der Waals surface area contributed by atoms with Crippen molar-refractivity contribution in [2.75, 3.05) is 25.0 Å². The first-order valence-corrected chi connectivity index (χ1v) is 9.40. The third-order valence-electron chi connectivity index (χ3n) is 5.15. The number of fused-ring (bicyclic) bond motifs is 1. The van der Waals surface area contributed by atoms with Crippen LogP contribution in [0.3, 0.4) is 0 Å². The zero-order chi connectivity index (χ0) is 22.4. The average molecular weight is 450 g/mol. The van der Waals surface area contributed by atoms with Crippen LogP contribution in [0.25, 0.3) is 10.9 Å². The summed E-state index contributed by atoms with van der Waals surface area (Å²) in [7, 11) is 0. The molecule has 0 atom stereocenters. The Morgan fingerprint density at radius 2 is 2.10 bits per heavy atom. The minimum Gasteiger partial charge on any atom is -0.382 e. The summed E-state index contributed by atoms with van der Waals surface area (Å²) < 4.78 is 41.6. The molecule has 2 aromatic heterocycles. The van der Waals surface area contributed by atoms with Crippen molar-refractivity contribution in [3.8, 4) is 6.07 Å². The molecule has 1 aromatic carbocycles. The molecule has 0 spiro atoms. The van der Waals surface area contributed by atoms with Crippen molar-refractivity contribution in [3.63, 3.8) is 0 Å². The average Bonchev–Trinajstić information content (AvgIpc) is 3.15. The molecular weight excluding hydrogens is 435 g/mol. The largest absolute Gasteiger partial charge is 0.433 e. The summed E-state index contributed by atoms with van der Waals surface area (Å²) in [4.78, 5) is 16.6. The molecule has 2 amide bonds. The van der Waals surface area contributed by atoms with Gasteiger partial charge in [-0.3, -0.25) is 4.68 Å². The number of carbonyl (C=O) groups is 1. The lowest BCUT2D eigenvalue weighted by Crippen LogP contribution is -2.68. The van der Waals surface area contributed by atoms with Gasteiger partial charge in [-0.25, -0.2) is 9.78 Å². The van der Waals surface area contributed by atoms with Crippen molar-refractivity contribution in [2.24, 2.45) is 5.73 Å². The van der Waals surface area contributed by atoms with E-state index in [9.17, 15) is 18.0 Å². The van der Waals surface area contributed by atoms with E-state index in [1.54, 1.807) is 0 Å². The number of pyridine rings is 1. The number of carbonyl (C=O) groups excluding carboxylic acids is 1. The van der Waals surface area contributed by atoms with Gasteiger partial charge in [-0.15, -0.1) is 0 Å². The van der Waals surface area contributed by atoms with E-state index in [1.165, 1.54) is 40.2 Å².